The van der Waals surface area contributed by atoms with E-state index in [0.29, 0.717) is 25.6 Å². The van der Waals surface area contributed by atoms with Gasteiger partial charge in [0.05, 0.1) is 12.6 Å². The molecule has 1 heterocycles. The maximum atomic E-state index is 12.3. The lowest BCUT2D eigenvalue weighted by molar-refractivity contribution is -0.148. The molecule has 1 saturated heterocycles. The molecule has 0 spiro atoms. The molecule has 0 saturated carbocycles. The van der Waals surface area contributed by atoms with Crippen molar-refractivity contribution < 1.29 is 18.0 Å². The fraction of sp³-hybridized carbons (Fsp3) is 0.933. The first-order valence-electron chi connectivity index (χ1n) is 8.05. The van der Waals surface area contributed by atoms with Crippen molar-refractivity contribution in [2.24, 2.45) is 17.6 Å². The van der Waals surface area contributed by atoms with Crippen molar-refractivity contribution in [2.75, 3.05) is 26.2 Å². The molecule has 2 atom stereocenters. The Kier molecular flexibility index (Phi) is 10.1. The Hall–Kier alpha value is -0.530. The smallest absolute Gasteiger partial charge is 0.355 e. The minimum atomic E-state index is -4.12. The van der Waals surface area contributed by atoms with Crippen molar-refractivity contribution in [2.45, 2.75) is 51.7 Å². The van der Waals surface area contributed by atoms with Gasteiger partial charge in [0.25, 0.3) is 0 Å². The second-order valence-corrected chi connectivity index (χ2v) is 6.33. The average Bonchev–Trinajstić information content (AvgIpc) is 2.45. The van der Waals surface area contributed by atoms with E-state index in [-0.39, 0.29) is 24.2 Å². The highest BCUT2D eigenvalue weighted by molar-refractivity contribution is 5.85. The van der Waals surface area contributed by atoms with E-state index in [1.807, 2.05) is 13.8 Å². The number of hydrogen-bond donors (Lipinski definition) is 2. The Morgan fingerprint density at radius 1 is 1.35 bits per heavy atom. The molecule has 0 aromatic rings. The predicted octanol–water partition coefficient (Wildman–Crippen LogP) is 2.56. The number of amides is 1. The van der Waals surface area contributed by atoms with Gasteiger partial charge in [-0.05, 0) is 44.2 Å². The molecule has 1 aliphatic heterocycles. The maximum absolute atomic E-state index is 12.3. The lowest BCUT2D eigenvalue weighted by Crippen LogP contribution is -2.45. The van der Waals surface area contributed by atoms with Gasteiger partial charge in [-0.2, -0.15) is 13.2 Å². The van der Waals surface area contributed by atoms with Crippen LogP contribution in [0.25, 0.3) is 0 Å². The summed E-state index contributed by atoms with van der Waals surface area (Å²) in [6, 6.07) is -0.487. The molecule has 1 fully saturated rings. The van der Waals surface area contributed by atoms with Gasteiger partial charge in [0.2, 0.25) is 5.91 Å². The Morgan fingerprint density at radius 2 is 1.91 bits per heavy atom. The number of likely N-dealkylation sites (tertiary alicyclic amines) is 1. The lowest BCUT2D eigenvalue weighted by Gasteiger charge is -2.32. The fourth-order valence-electron chi connectivity index (χ4n) is 2.72. The number of rotatable bonds is 7. The molecule has 8 heteroatoms. The molecule has 4 nitrogen and oxygen atoms in total. The summed E-state index contributed by atoms with van der Waals surface area (Å²) in [5.41, 5.74) is 5.84. The highest BCUT2D eigenvalue weighted by atomic mass is 35.5. The van der Waals surface area contributed by atoms with E-state index in [9.17, 15) is 18.0 Å². The zero-order valence-corrected chi connectivity index (χ0v) is 14.7. The highest BCUT2D eigenvalue weighted by Gasteiger charge is 2.32. The Bertz CT molecular complexity index is 347. The summed E-state index contributed by atoms with van der Waals surface area (Å²) in [5.74, 6) is 0.388. The SMILES string of the molecule is CCC(C)C(N)C(=O)NCCC1CCN(CC(F)(F)F)CC1.Cl. The van der Waals surface area contributed by atoms with E-state index in [4.69, 9.17) is 5.73 Å². The van der Waals surface area contributed by atoms with Crippen molar-refractivity contribution in [1.29, 1.82) is 0 Å². The van der Waals surface area contributed by atoms with Gasteiger partial charge >= 0.3 is 6.18 Å². The first kappa shape index (κ1) is 22.5. The van der Waals surface area contributed by atoms with E-state index in [0.717, 1.165) is 25.7 Å². The lowest BCUT2D eigenvalue weighted by atomic mass is 9.93. The number of piperidine rings is 1. The molecular formula is C15H29ClF3N3O. The van der Waals surface area contributed by atoms with Crippen LogP contribution < -0.4 is 11.1 Å². The molecule has 0 aromatic carbocycles. The second kappa shape index (κ2) is 10.4. The largest absolute Gasteiger partial charge is 0.401 e. The first-order valence-corrected chi connectivity index (χ1v) is 8.05. The first-order chi connectivity index (χ1) is 10.2. The second-order valence-electron chi connectivity index (χ2n) is 6.33. The third-order valence-electron chi connectivity index (χ3n) is 4.52. The summed E-state index contributed by atoms with van der Waals surface area (Å²) in [7, 11) is 0. The molecule has 0 aromatic heterocycles. The summed E-state index contributed by atoms with van der Waals surface area (Å²) in [5, 5.41) is 2.84. The minimum Gasteiger partial charge on any atom is -0.355 e. The topological polar surface area (TPSA) is 58.4 Å². The van der Waals surface area contributed by atoms with Crippen molar-refractivity contribution in [3.05, 3.63) is 0 Å². The maximum Gasteiger partial charge on any atom is 0.401 e. The summed E-state index contributed by atoms with van der Waals surface area (Å²) >= 11 is 0. The molecule has 3 N–H and O–H groups in total. The number of nitrogens with zero attached hydrogens (tertiary/aromatic N) is 1. The van der Waals surface area contributed by atoms with Gasteiger partial charge in [-0.3, -0.25) is 9.69 Å². The van der Waals surface area contributed by atoms with Crippen LogP contribution in [0.3, 0.4) is 0 Å². The standard InChI is InChI=1S/C15H28F3N3O.ClH/c1-3-11(2)13(19)14(22)20-7-4-12-5-8-21(9-6-12)10-15(16,17)18;/h11-13H,3-10,19H2,1-2H3,(H,20,22);1H. The summed E-state index contributed by atoms with van der Waals surface area (Å²) in [6.45, 7) is 4.62. The monoisotopic (exact) mass is 359 g/mol. The summed E-state index contributed by atoms with van der Waals surface area (Å²) in [4.78, 5) is 13.3. The van der Waals surface area contributed by atoms with Gasteiger partial charge in [0, 0.05) is 6.54 Å². The molecule has 1 rings (SSSR count). The number of nitrogens with one attached hydrogen (secondary N) is 1. The molecule has 23 heavy (non-hydrogen) atoms. The number of alkyl halides is 3. The van der Waals surface area contributed by atoms with E-state index >= 15 is 0 Å². The molecule has 1 aliphatic rings. The molecule has 0 bridgehead atoms. The Morgan fingerprint density at radius 3 is 2.39 bits per heavy atom. The van der Waals surface area contributed by atoms with Crippen LogP contribution in [0.15, 0.2) is 0 Å². The van der Waals surface area contributed by atoms with Crippen molar-refractivity contribution >= 4 is 18.3 Å². The van der Waals surface area contributed by atoms with Gasteiger partial charge in [0.15, 0.2) is 0 Å². The molecule has 0 aliphatic carbocycles. The van der Waals surface area contributed by atoms with Crippen LogP contribution in [0.1, 0.15) is 39.5 Å². The van der Waals surface area contributed by atoms with Crippen molar-refractivity contribution in [3.63, 3.8) is 0 Å². The average molecular weight is 360 g/mol. The zero-order chi connectivity index (χ0) is 16.8. The third-order valence-corrected chi connectivity index (χ3v) is 4.52. The minimum absolute atomic E-state index is 0. The van der Waals surface area contributed by atoms with Gasteiger partial charge in [-0.15, -0.1) is 12.4 Å². The van der Waals surface area contributed by atoms with E-state index in [1.165, 1.54) is 4.90 Å². The molecule has 138 valence electrons. The predicted molar refractivity (Wildman–Crippen MR) is 87.5 cm³/mol. The van der Waals surface area contributed by atoms with Crippen LogP contribution in [-0.2, 0) is 4.79 Å². The third kappa shape index (κ3) is 8.77. The van der Waals surface area contributed by atoms with Crippen molar-refractivity contribution in [3.8, 4) is 0 Å². The molecule has 0 radical (unpaired) electrons. The van der Waals surface area contributed by atoms with Crippen molar-refractivity contribution in [1.82, 2.24) is 10.2 Å². The van der Waals surface area contributed by atoms with Gasteiger partial charge in [-0.25, -0.2) is 0 Å². The highest BCUT2D eigenvalue weighted by Crippen LogP contribution is 2.23. The Labute approximate surface area is 142 Å². The van der Waals surface area contributed by atoms with Crippen LogP contribution >= 0.6 is 12.4 Å². The number of carbonyl (C=O) groups is 1. The zero-order valence-electron chi connectivity index (χ0n) is 13.9. The molecule has 2 unspecified atom stereocenters. The summed E-state index contributed by atoms with van der Waals surface area (Å²) in [6.07, 6.45) is -0.954. The molecule has 1 amide bonds. The van der Waals surface area contributed by atoms with Crippen LogP contribution in [0.4, 0.5) is 13.2 Å². The number of halogens is 4. The Balaban J connectivity index is 0.00000484. The fourth-order valence-corrected chi connectivity index (χ4v) is 2.72. The molecular weight excluding hydrogens is 331 g/mol. The number of hydrogen-bond acceptors (Lipinski definition) is 3. The normalized spacial score (nSPS) is 19.7. The van der Waals surface area contributed by atoms with Crippen LogP contribution in [-0.4, -0.2) is 49.2 Å². The van der Waals surface area contributed by atoms with Gasteiger partial charge in [0.1, 0.15) is 0 Å². The van der Waals surface area contributed by atoms with Crippen LogP contribution in [0.2, 0.25) is 0 Å². The van der Waals surface area contributed by atoms with E-state index < -0.39 is 18.8 Å². The van der Waals surface area contributed by atoms with Crippen LogP contribution in [0.5, 0.6) is 0 Å². The number of nitrogens with two attached hydrogens (primary N) is 1. The number of carbonyl (C=O) groups excluding carboxylic acids is 1. The van der Waals surface area contributed by atoms with Gasteiger partial charge < -0.3 is 11.1 Å². The van der Waals surface area contributed by atoms with E-state index in [2.05, 4.69) is 5.32 Å². The van der Waals surface area contributed by atoms with E-state index in [1.54, 1.807) is 0 Å². The summed E-state index contributed by atoms with van der Waals surface area (Å²) < 4.78 is 36.9. The quantitative estimate of drug-likeness (QED) is 0.734. The van der Waals surface area contributed by atoms with Gasteiger partial charge in [-0.1, -0.05) is 20.3 Å². The van der Waals surface area contributed by atoms with Crippen LogP contribution in [0, 0.1) is 11.8 Å².